The number of hydrogen-bond acceptors (Lipinski definition) is 6. The summed E-state index contributed by atoms with van der Waals surface area (Å²) in [6.07, 6.45) is 3.17. The van der Waals surface area contributed by atoms with E-state index in [4.69, 9.17) is 0 Å². The molecule has 0 spiro atoms. The molecule has 9 heteroatoms. The summed E-state index contributed by atoms with van der Waals surface area (Å²) in [5, 5.41) is 4.94. The van der Waals surface area contributed by atoms with E-state index in [2.05, 4.69) is 20.6 Å². The molecule has 0 aliphatic carbocycles. The quantitative estimate of drug-likeness (QED) is 0.505. The number of fused-ring (bicyclic) bond motifs is 1. The average Bonchev–Trinajstić information content (AvgIpc) is 2.69. The zero-order valence-corrected chi connectivity index (χ0v) is 16.2. The number of carbonyl (C=O) groups is 2. The molecule has 0 unspecified atom stereocenters. The number of thioether (sulfide) groups is 1. The predicted octanol–water partition coefficient (Wildman–Crippen LogP) is 2.11. The molecule has 0 aliphatic rings. The van der Waals surface area contributed by atoms with Crippen molar-refractivity contribution in [3.63, 3.8) is 0 Å². The fourth-order valence-corrected chi connectivity index (χ4v) is 3.46. The molecule has 1 aromatic carbocycles. The second kappa shape index (κ2) is 8.66. The van der Waals surface area contributed by atoms with Gasteiger partial charge in [0.2, 0.25) is 5.91 Å². The Labute approximate surface area is 165 Å². The monoisotopic (exact) mass is 397 g/mol. The Morgan fingerprint density at radius 2 is 2.00 bits per heavy atom. The van der Waals surface area contributed by atoms with Crippen molar-refractivity contribution >= 4 is 34.6 Å². The van der Waals surface area contributed by atoms with Crippen molar-refractivity contribution in [3.8, 4) is 5.69 Å². The van der Waals surface area contributed by atoms with E-state index in [1.807, 2.05) is 0 Å². The molecule has 3 amide bonds. The van der Waals surface area contributed by atoms with Gasteiger partial charge in [-0.15, -0.1) is 0 Å². The predicted molar refractivity (Wildman–Crippen MR) is 108 cm³/mol. The van der Waals surface area contributed by atoms with Crippen LogP contribution in [0, 0.1) is 0 Å². The van der Waals surface area contributed by atoms with Gasteiger partial charge in [-0.1, -0.05) is 23.9 Å². The molecule has 0 saturated heterocycles. The van der Waals surface area contributed by atoms with Crippen LogP contribution in [0.3, 0.4) is 0 Å². The van der Waals surface area contributed by atoms with Crippen LogP contribution in [0.5, 0.6) is 0 Å². The van der Waals surface area contributed by atoms with Gasteiger partial charge in [-0.2, -0.15) is 0 Å². The number of carbonyl (C=O) groups excluding carboxylic acids is 2. The molecule has 28 heavy (non-hydrogen) atoms. The van der Waals surface area contributed by atoms with Gasteiger partial charge in [-0.25, -0.2) is 9.78 Å². The molecule has 0 radical (unpaired) electrons. The minimum atomic E-state index is -0.654. The first kappa shape index (κ1) is 19.6. The Morgan fingerprint density at radius 1 is 1.21 bits per heavy atom. The van der Waals surface area contributed by atoms with Crippen molar-refractivity contribution in [2.24, 2.45) is 0 Å². The maximum Gasteiger partial charge on any atom is 0.321 e. The van der Waals surface area contributed by atoms with Crippen LogP contribution >= 0.6 is 11.8 Å². The van der Waals surface area contributed by atoms with E-state index in [1.165, 1.54) is 4.57 Å². The van der Waals surface area contributed by atoms with Crippen molar-refractivity contribution < 1.29 is 9.59 Å². The summed E-state index contributed by atoms with van der Waals surface area (Å²) in [7, 11) is 0. The normalized spacial score (nSPS) is 11.8. The van der Waals surface area contributed by atoms with E-state index in [9.17, 15) is 14.4 Å². The van der Waals surface area contributed by atoms with Gasteiger partial charge in [-0.05, 0) is 38.1 Å². The number of amides is 3. The largest absolute Gasteiger partial charge is 0.338 e. The molecule has 2 heterocycles. The molecule has 0 bridgehead atoms. The molecular formula is C19H19N5O3S. The highest BCUT2D eigenvalue weighted by Crippen LogP contribution is 2.24. The van der Waals surface area contributed by atoms with Gasteiger partial charge < -0.3 is 5.32 Å². The van der Waals surface area contributed by atoms with Gasteiger partial charge in [0, 0.05) is 12.7 Å². The molecule has 0 fully saturated rings. The maximum atomic E-state index is 13.1. The molecule has 1 atom stereocenters. The Kier molecular flexibility index (Phi) is 6.05. The first-order chi connectivity index (χ1) is 13.5. The molecule has 3 rings (SSSR count). The van der Waals surface area contributed by atoms with Crippen LogP contribution in [-0.2, 0) is 4.79 Å². The lowest BCUT2D eigenvalue weighted by atomic mass is 10.2. The molecule has 0 saturated carbocycles. The Bertz CT molecular complexity index is 1070. The van der Waals surface area contributed by atoms with E-state index in [1.54, 1.807) is 62.6 Å². The van der Waals surface area contributed by atoms with Crippen molar-refractivity contribution in [2.45, 2.75) is 24.3 Å². The number of nitrogens with zero attached hydrogens (tertiary/aromatic N) is 3. The number of aromatic nitrogens is 3. The fourth-order valence-electron chi connectivity index (χ4n) is 2.54. The number of para-hydroxylation sites is 1. The van der Waals surface area contributed by atoms with Gasteiger partial charge >= 0.3 is 6.03 Å². The van der Waals surface area contributed by atoms with Gasteiger partial charge in [0.1, 0.15) is 0 Å². The Hall–Kier alpha value is -3.20. The van der Waals surface area contributed by atoms with Crippen LogP contribution in [0.2, 0.25) is 0 Å². The molecule has 3 aromatic rings. The van der Waals surface area contributed by atoms with Crippen molar-refractivity contribution in [1.82, 2.24) is 25.2 Å². The van der Waals surface area contributed by atoms with Crippen LogP contribution in [-0.4, -0.2) is 38.3 Å². The van der Waals surface area contributed by atoms with E-state index >= 15 is 0 Å². The SMILES string of the molecule is CCNC(=O)NC(=O)[C@H](C)Sc1nc2ccccc2c(=O)n1-c1cccnc1. The number of rotatable bonds is 5. The molecule has 0 aliphatic heterocycles. The second-order valence-corrected chi connectivity index (χ2v) is 7.18. The van der Waals surface area contributed by atoms with Crippen LogP contribution in [0.25, 0.3) is 16.6 Å². The summed E-state index contributed by atoms with van der Waals surface area (Å²) in [5.41, 5.74) is 0.827. The number of nitrogens with one attached hydrogen (secondary N) is 2. The van der Waals surface area contributed by atoms with E-state index < -0.39 is 17.2 Å². The Morgan fingerprint density at radius 3 is 2.71 bits per heavy atom. The zero-order valence-electron chi connectivity index (χ0n) is 15.4. The standard InChI is InChI=1S/C19H19N5O3S/c1-3-21-18(27)23-16(25)12(2)28-19-22-15-9-5-4-8-14(15)17(26)24(19)13-7-6-10-20-11-13/h4-12H,3H2,1-2H3,(H2,21,23,25,27)/t12-/m0/s1. The topological polar surface area (TPSA) is 106 Å². The number of pyridine rings is 1. The van der Waals surface area contributed by atoms with Crippen molar-refractivity contribution in [2.75, 3.05) is 6.54 Å². The van der Waals surface area contributed by atoms with Crippen LogP contribution in [0.4, 0.5) is 4.79 Å². The summed E-state index contributed by atoms with van der Waals surface area (Å²) in [4.78, 5) is 45.6. The molecule has 144 valence electrons. The highest BCUT2D eigenvalue weighted by Gasteiger charge is 2.21. The van der Waals surface area contributed by atoms with Crippen LogP contribution < -0.4 is 16.2 Å². The number of hydrogen-bond donors (Lipinski definition) is 2. The Balaban J connectivity index is 2.01. The van der Waals surface area contributed by atoms with Crippen LogP contribution in [0.1, 0.15) is 13.8 Å². The summed E-state index contributed by atoms with van der Waals surface area (Å²) >= 11 is 1.09. The minimum absolute atomic E-state index is 0.252. The lowest BCUT2D eigenvalue weighted by molar-refractivity contribution is -0.119. The first-order valence-electron chi connectivity index (χ1n) is 8.68. The van der Waals surface area contributed by atoms with Crippen molar-refractivity contribution in [1.29, 1.82) is 0 Å². The van der Waals surface area contributed by atoms with Crippen molar-refractivity contribution in [3.05, 3.63) is 59.1 Å². The third-order valence-corrected chi connectivity index (χ3v) is 4.93. The third kappa shape index (κ3) is 4.20. The second-order valence-electron chi connectivity index (χ2n) is 5.87. The molecular weight excluding hydrogens is 378 g/mol. The smallest absolute Gasteiger partial charge is 0.321 e. The highest BCUT2D eigenvalue weighted by molar-refractivity contribution is 8.00. The number of benzene rings is 1. The van der Waals surface area contributed by atoms with Gasteiger partial charge in [0.25, 0.3) is 5.56 Å². The summed E-state index contributed by atoms with van der Waals surface area (Å²) in [6.45, 7) is 3.81. The first-order valence-corrected chi connectivity index (χ1v) is 9.56. The number of urea groups is 1. The average molecular weight is 397 g/mol. The summed E-state index contributed by atoms with van der Waals surface area (Å²) in [6, 6.07) is 9.92. The van der Waals surface area contributed by atoms with Gasteiger partial charge in [0.05, 0.1) is 28.0 Å². The number of imide groups is 1. The molecule has 2 aromatic heterocycles. The maximum absolute atomic E-state index is 13.1. The highest BCUT2D eigenvalue weighted by atomic mass is 32.2. The summed E-state index contributed by atoms with van der Waals surface area (Å²) < 4.78 is 1.43. The molecule has 2 N–H and O–H groups in total. The third-order valence-electron chi connectivity index (χ3n) is 3.87. The molecule has 8 nitrogen and oxygen atoms in total. The van der Waals surface area contributed by atoms with Crippen LogP contribution in [0.15, 0.2) is 58.7 Å². The van der Waals surface area contributed by atoms with E-state index in [0.717, 1.165) is 11.8 Å². The lowest BCUT2D eigenvalue weighted by Gasteiger charge is -2.16. The minimum Gasteiger partial charge on any atom is -0.338 e. The summed E-state index contributed by atoms with van der Waals surface area (Å²) in [5.74, 6) is -0.476. The zero-order chi connectivity index (χ0) is 20.1. The fraction of sp³-hybridized carbons (Fsp3) is 0.211. The van der Waals surface area contributed by atoms with Gasteiger partial charge in [-0.3, -0.25) is 24.5 Å². The van der Waals surface area contributed by atoms with Gasteiger partial charge in [0.15, 0.2) is 5.16 Å². The van der Waals surface area contributed by atoms with E-state index in [0.29, 0.717) is 28.3 Å². The lowest BCUT2D eigenvalue weighted by Crippen LogP contribution is -2.42. The van der Waals surface area contributed by atoms with E-state index in [-0.39, 0.29) is 5.56 Å².